The molecule has 0 amide bonds. The number of nitro groups is 1. The summed E-state index contributed by atoms with van der Waals surface area (Å²) in [4.78, 5) is 20.7. The fraction of sp³-hybridized carbons (Fsp3) is 0.429. The molecule has 0 unspecified atom stereocenters. The van der Waals surface area contributed by atoms with Gasteiger partial charge >= 0.3 is 5.97 Å². The molecule has 1 rings (SSSR count). The zero-order valence-electron chi connectivity index (χ0n) is 11.5. The number of hydrogen-bond acceptors (Lipinski definition) is 5. The van der Waals surface area contributed by atoms with Crippen LogP contribution in [0, 0.1) is 21.4 Å². The van der Waals surface area contributed by atoms with Crippen molar-refractivity contribution in [1.82, 2.24) is 0 Å². The number of aliphatic carboxylic acids is 1. The molecule has 0 atom stereocenters. The fourth-order valence-corrected chi connectivity index (χ4v) is 1.88. The SMILES string of the molecule is N#Cc1ccc([N+](=O)[O-])c(NCCCCCCC(=O)O)c1. The first-order valence-corrected chi connectivity index (χ1v) is 6.69. The van der Waals surface area contributed by atoms with E-state index in [0.29, 0.717) is 24.2 Å². The number of rotatable bonds is 9. The van der Waals surface area contributed by atoms with Crippen molar-refractivity contribution >= 4 is 17.3 Å². The van der Waals surface area contributed by atoms with Crippen LogP contribution in [-0.2, 0) is 4.79 Å². The van der Waals surface area contributed by atoms with Crippen molar-refractivity contribution in [2.75, 3.05) is 11.9 Å². The molecule has 7 nitrogen and oxygen atoms in total. The summed E-state index contributed by atoms with van der Waals surface area (Å²) in [5.41, 5.74) is 0.647. The highest BCUT2D eigenvalue weighted by Gasteiger charge is 2.13. The van der Waals surface area contributed by atoms with E-state index in [9.17, 15) is 14.9 Å². The van der Waals surface area contributed by atoms with Gasteiger partial charge in [0.25, 0.3) is 5.69 Å². The van der Waals surface area contributed by atoms with Crippen molar-refractivity contribution in [2.24, 2.45) is 0 Å². The van der Waals surface area contributed by atoms with Crippen LogP contribution in [0.3, 0.4) is 0 Å². The van der Waals surface area contributed by atoms with Crippen LogP contribution >= 0.6 is 0 Å². The molecular formula is C14H17N3O4. The minimum Gasteiger partial charge on any atom is -0.481 e. The monoisotopic (exact) mass is 291 g/mol. The van der Waals surface area contributed by atoms with Crippen LogP contribution < -0.4 is 5.32 Å². The lowest BCUT2D eigenvalue weighted by Crippen LogP contribution is -2.05. The Bertz CT molecular complexity index is 552. The van der Waals surface area contributed by atoms with Crippen molar-refractivity contribution in [3.8, 4) is 6.07 Å². The minimum absolute atomic E-state index is 0.0557. The van der Waals surface area contributed by atoms with Gasteiger partial charge in [-0.1, -0.05) is 12.8 Å². The minimum atomic E-state index is -0.794. The zero-order chi connectivity index (χ0) is 15.7. The van der Waals surface area contributed by atoms with Crippen LogP contribution in [0.2, 0.25) is 0 Å². The lowest BCUT2D eigenvalue weighted by atomic mass is 10.1. The molecule has 0 spiro atoms. The van der Waals surface area contributed by atoms with Crippen LogP contribution in [0.25, 0.3) is 0 Å². The van der Waals surface area contributed by atoms with Crippen molar-refractivity contribution in [2.45, 2.75) is 32.1 Å². The number of carbonyl (C=O) groups is 1. The summed E-state index contributed by atoms with van der Waals surface area (Å²) in [6, 6.07) is 6.13. The van der Waals surface area contributed by atoms with Crippen LogP contribution in [-0.4, -0.2) is 22.5 Å². The molecular weight excluding hydrogens is 274 g/mol. The summed E-state index contributed by atoms with van der Waals surface area (Å²) < 4.78 is 0. The van der Waals surface area contributed by atoms with Crippen molar-refractivity contribution in [3.05, 3.63) is 33.9 Å². The molecule has 0 aliphatic carbocycles. The van der Waals surface area contributed by atoms with E-state index in [-0.39, 0.29) is 12.1 Å². The van der Waals surface area contributed by atoms with Crippen LogP contribution in [0.5, 0.6) is 0 Å². The lowest BCUT2D eigenvalue weighted by molar-refractivity contribution is -0.384. The molecule has 0 fully saturated rings. The maximum atomic E-state index is 10.9. The van der Waals surface area contributed by atoms with E-state index < -0.39 is 10.9 Å². The average Bonchev–Trinajstić information content (AvgIpc) is 2.45. The summed E-state index contributed by atoms with van der Waals surface area (Å²) in [6.45, 7) is 0.544. The summed E-state index contributed by atoms with van der Waals surface area (Å²) in [7, 11) is 0. The number of nitriles is 1. The van der Waals surface area contributed by atoms with Crippen molar-refractivity contribution < 1.29 is 14.8 Å². The summed E-state index contributed by atoms with van der Waals surface area (Å²) in [5.74, 6) is -0.794. The largest absolute Gasteiger partial charge is 0.481 e. The van der Waals surface area contributed by atoms with Gasteiger partial charge in [0.15, 0.2) is 0 Å². The predicted octanol–water partition coefficient (Wildman–Crippen LogP) is 2.91. The second-order valence-electron chi connectivity index (χ2n) is 4.59. The van der Waals surface area contributed by atoms with Gasteiger partial charge in [-0.05, 0) is 25.0 Å². The van der Waals surface area contributed by atoms with Gasteiger partial charge in [-0.2, -0.15) is 5.26 Å². The Labute approximate surface area is 122 Å². The molecule has 7 heteroatoms. The second-order valence-corrected chi connectivity index (χ2v) is 4.59. The van der Waals surface area contributed by atoms with Crippen molar-refractivity contribution in [1.29, 1.82) is 5.26 Å². The molecule has 0 radical (unpaired) electrons. The number of unbranched alkanes of at least 4 members (excludes halogenated alkanes) is 3. The van der Waals surface area contributed by atoms with Gasteiger partial charge in [-0.3, -0.25) is 14.9 Å². The van der Waals surface area contributed by atoms with Gasteiger partial charge in [0, 0.05) is 19.0 Å². The van der Waals surface area contributed by atoms with Gasteiger partial charge in [0.05, 0.1) is 16.6 Å². The molecule has 0 aliphatic rings. The Hall–Kier alpha value is -2.62. The highest BCUT2D eigenvalue weighted by molar-refractivity contribution is 5.66. The molecule has 0 aromatic heterocycles. The van der Waals surface area contributed by atoms with E-state index in [1.54, 1.807) is 0 Å². The standard InChI is InChI=1S/C14H17N3O4/c15-10-11-6-7-13(17(20)21)12(9-11)16-8-4-2-1-3-5-14(18)19/h6-7,9,16H,1-5,8H2,(H,18,19). The quantitative estimate of drug-likeness (QED) is 0.410. The summed E-state index contributed by atoms with van der Waals surface area (Å²) in [6.07, 6.45) is 3.26. The number of nitrogens with one attached hydrogen (secondary N) is 1. The Balaban J connectivity index is 2.42. The topological polar surface area (TPSA) is 116 Å². The number of carboxylic acids is 1. The van der Waals surface area contributed by atoms with Gasteiger partial charge in [-0.25, -0.2) is 0 Å². The molecule has 1 aromatic carbocycles. The third kappa shape index (κ3) is 5.91. The molecule has 21 heavy (non-hydrogen) atoms. The lowest BCUT2D eigenvalue weighted by Gasteiger charge is -2.07. The normalized spacial score (nSPS) is 9.86. The predicted molar refractivity (Wildman–Crippen MR) is 77.0 cm³/mol. The van der Waals surface area contributed by atoms with Gasteiger partial charge in [0.2, 0.25) is 0 Å². The molecule has 112 valence electrons. The van der Waals surface area contributed by atoms with Gasteiger partial charge in [-0.15, -0.1) is 0 Å². The molecule has 0 aliphatic heterocycles. The Morgan fingerprint density at radius 2 is 2.05 bits per heavy atom. The number of benzene rings is 1. The third-order valence-electron chi connectivity index (χ3n) is 2.96. The fourth-order valence-electron chi connectivity index (χ4n) is 1.88. The third-order valence-corrected chi connectivity index (χ3v) is 2.96. The highest BCUT2D eigenvalue weighted by Crippen LogP contribution is 2.25. The second kappa shape index (κ2) is 8.53. The van der Waals surface area contributed by atoms with E-state index >= 15 is 0 Å². The number of nitro benzene ring substituents is 1. The summed E-state index contributed by atoms with van der Waals surface area (Å²) in [5, 5.41) is 31.1. The Kier molecular flexibility index (Phi) is 6.68. The van der Waals surface area contributed by atoms with Gasteiger partial charge < -0.3 is 10.4 Å². The first-order valence-electron chi connectivity index (χ1n) is 6.69. The Morgan fingerprint density at radius 1 is 1.33 bits per heavy atom. The van der Waals surface area contributed by atoms with Crippen molar-refractivity contribution in [3.63, 3.8) is 0 Å². The number of carboxylic acid groups (broad SMARTS) is 1. The van der Waals surface area contributed by atoms with Crippen LogP contribution in [0.4, 0.5) is 11.4 Å². The van der Waals surface area contributed by atoms with E-state index in [1.807, 2.05) is 6.07 Å². The molecule has 0 saturated heterocycles. The van der Waals surface area contributed by atoms with E-state index in [2.05, 4.69) is 5.32 Å². The summed E-state index contributed by atoms with van der Waals surface area (Å²) >= 11 is 0. The molecule has 1 aromatic rings. The van der Waals surface area contributed by atoms with Gasteiger partial charge in [0.1, 0.15) is 5.69 Å². The number of hydrogen-bond donors (Lipinski definition) is 2. The highest BCUT2D eigenvalue weighted by atomic mass is 16.6. The van der Waals surface area contributed by atoms with E-state index in [0.717, 1.165) is 19.3 Å². The maximum absolute atomic E-state index is 10.9. The number of nitrogens with zero attached hydrogens (tertiary/aromatic N) is 2. The molecule has 0 heterocycles. The smallest absolute Gasteiger partial charge is 0.303 e. The first-order chi connectivity index (χ1) is 10.0. The first kappa shape index (κ1) is 16.4. The molecule has 2 N–H and O–H groups in total. The zero-order valence-corrected chi connectivity index (χ0v) is 11.5. The van der Waals surface area contributed by atoms with Crippen LogP contribution in [0.15, 0.2) is 18.2 Å². The van der Waals surface area contributed by atoms with E-state index in [1.165, 1.54) is 18.2 Å². The van der Waals surface area contributed by atoms with E-state index in [4.69, 9.17) is 10.4 Å². The molecule has 0 bridgehead atoms. The number of anilines is 1. The molecule has 0 saturated carbocycles. The average molecular weight is 291 g/mol. The maximum Gasteiger partial charge on any atom is 0.303 e. The van der Waals surface area contributed by atoms with Crippen LogP contribution in [0.1, 0.15) is 37.7 Å². The Morgan fingerprint density at radius 3 is 2.67 bits per heavy atom.